The molecule has 6 aromatic carbocycles. The molecule has 0 heteroatoms. The zero-order valence-corrected chi connectivity index (χ0v) is 17.5. The van der Waals surface area contributed by atoms with Gasteiger partial charge in [0, 0.05) is 0 Å². The van der Waals surface area contributed by atoms with Gasteiger partial charge in [-0.15, -0.1) is 0 Å². The first-order valence-corrected chi connectivity index (χ1v) is 10.8. The highest BCUT2D eigenvalue weighted by atomic mass is 14.1. The van der Waals surface area contributed by atoms with Crippen LogP contribution in [0.3, 0.4) is 0 Å². The lowest BCUT2D eigenvalue weighted by Crippen LogP contribution is -1.83. The second-order valence-corrected chi connectivity index (χ2v) is 8.23. The fraction of sp³-hybridized carbons (Fsp3) is 0.0323. The van der Waals surface area contributed by atoms with E-state index in [-0.39, 0.29) is 0 Å². The second kappa shape index (κ2) is 7.11. The van der Waals surface area contributed by atoms with Crippen LogP contribution in [0.25, 0.3) is 53.9 Å². The molecule has 0 saturated heterocycles. The minimum absolute atomic E-state index is 1.27. The van der Waals surface area contributed by atoms with Crippen LogP contribution in [0.2, 0.25) is 0 Å². The van der Waals surface area contributed by atoms with Crippen molar-refractivity contribution in [1.82, 2.24) is 0 Å². The fourth-order valence-electron chi connectivity index (χ4n) is 4.93. The van der Waals surface area contributed by atoms with Crippen LogP contribution in [-0.4, -0.2) is 0 Å². The molecule has 0 aliphatic carbocycles. The normalized spacial score (nSPS) is 11.4. The maximum Gasteiger partial charge on any atom is -0.00963 e. The van der Waals surface area contributed by atoms with Gasteiger partial charge in [0.1, 0.15) is 0 Å². The zero-order chi connectivity index (χ0) is 20.8. The van der Waals surface area contributed by atoms with E-state index in [1.807, 2.05) is 0 Å². The lowest BCUT2D eigenvalue weighted by atomic mass is 9.94. The largest absolute Gasteiger partial charge is 0.0616 e. The Balaban J connectivity index is 2.13. The lowest BCUT2D eigenvalue weighted by Gasteiger charge is -2.10. The fourth-order valence-corrected chi connectivity index (χ4v) is 4.93. The number of hydrogen-bond donors (Lipinski definition) is 0. The maximum atomic E-state index is 2.33. The molecule has 6 aromatic rings. The first-order chi connectivity index (χ1) is 15.3. The lowest BCUT2D eigenvalue weighted by molar-refractivity contribution is 1.51. The maximum absolute atomic E-state index is 2.33. The molecule has 0 heterocycles. The molecular weight excluding hydrogens is 372 g/mol. The van der Waals surface area contributed by atoms with Crippen LogP contribution < -0.4 is 0 Å². The number of rotatable bonds is 0. The quantitative estimate of drug-likeness (QED) is 0.241. The Morgan fingerprint density at radius 3 is 0.871 bits per heavy atom. The van der Waals surface area contributed by atoms with Crippen molar-refractivity contribution in [1.29, 1.82) is 0 Å². The molecule has 0 unspecified atom stereocenters. The van der Waals surface area contributed by atoms with E-state index in [2.05, 4.69) is 122 Å². The van der Waals surface area contributed by atoms with Gasteiger partial charge in [-0.1, -0.05) is 121 Å². The summed E-state index contributed by atoms with van der Waals surface area (Å²) in [6.45, 7) is 2.18. The van der Waals surface area contributed by atoms with Crippen molar-refractivity contribution in [3.8, 4) is 0 Å². The Morgan fingerprint density at radius 1 is 0.290 bits per heavy atom. The van der Waals surface area contributed by atoms with Gasteiger partial charge >= 0.3 is 0 Å². The van der Waals surface area contributed by atoms with E-state index < -0.39 is 0 Å². The summed E-state index contributed by atoms with van der Waals surface area (Å²) < 4.78 is 0. The topological polar surface area (TPSA) is 0 Å². The van der Waals surface area contributed by atoms with Crippen molar-refractivity contribution in [3.05, 3.63) is 121 Å². The van der Waals surface area contributed by atoms with Crippen molar-refractivity contribution in [2.45, 2.75) is 6.92 Å². The number of aryl methyl sites for hydroxylation is 1. The third-order valence-corrected chi connectivity index (χ3v) is 6.33. The molecule has 0 nitrogen and oxygen atoms in total. The van der Waals surface area contributed by atoms with Crippen molar-refractivity contribution < 1.29 is 0 Å². The molecule has 0 spiro atoms. The SMILES string of the molecule is Cc1ccc2c3ccccc3c3ccccc3c3ccccc3c3ccccc3c2c1. The minimum Gasteiger partial charge on any atom is -0.0616 e. The zero-order valence-electron chi connectivity index (χ0n) is 17.5. The summed E-state index contributed by atoms with van der Waals surface area (Å²) >= 11 is 0. The molecule has 0 aromatic heterocycles. The Morgan fingerprint density at radius 2 is 0.548 bits per heavy atom. The van der Waals surface area contributed by atoms with Crippen LogP contribution in [0, 0.1) is 6.92 Å². The summed E-state index contributed by atoms with van der Waals surface area (Å²) in [4.78, 5) is 0. The van der Waals surface area contributed by atoms with E-state index in [1.165, 1.54) is 59.4 Å². The predicted molar refractivity (Wildman–Crippen MR) is 136 cm³/mol. The van der Waals surface area contributed by atoms with Crippen LogP contribution in [-0.2, 0) is 0 Å². The van der Waals surface area contributed by atoms with Crippen molar-refractivity contribution in [2.24, 2.45) is 0 Å². The molecule has 0 fully saturated rings. The third-order valence-electron chi connectivity index (χ3n) is 6.33. The summed E-state index contributed by atoms with van der Waals surface area (Å²) in [6, 6.07) is 42.1. The third kappa shape index (κ3) is 2.84. The van der Waals surface area contributed by atoms with E-state index in [4.69, 9.17) is 0 Å². The molecule has 0 saturated carbocycles. The van der Waals surface area contributed by atoms with E-state index >= 15 is 0 Å². The molecule has 6 rings (SSSR count). The van der Waals surface area contributed by atoms with E-state index in [0.717, 1.165) is 0 Å². The van der Waals surface area contributed by atoms with Gasteiger partial charge in [0.05, 0.1) is 0 Å². The number of benzene rings is 5. The molecule has 0 N–H and O–H groups in total. The molecule has 0 bridgehead atoms. The van der Waals surface area contributed by atoms with Crippen molar-refractivity contribution in [3.63, 3.8) is 0 Å². The van der Waals surface area contributed by atoms with Crippen molar-refractivity contribution >= 4 is 53.9 Å². The standard InChI is InChI=1S/C31H22/c1-21-18-19-30-28-16-7-6-14-26(28)24-12-3-2-10-22(24)23-11-4-5-13-25(23)27-15-8-9-17-29(27)31(30)20-21/h2-20H,1H3. The van der Waals surface area contributed by atoms with Gasteiger partial charge in [-0.25, -0.2) is 0 Å². The van der Waals surface area contributed by atoms with Crippen LogP contribution in [0.15, 0.2) is 115 Å². The van der Waals surface area contributed by atoms with Gasteiger partial charge in [-0.05, 0) is 60.8 Å². The number of fused-ring (bicyclic) bond motifs is 10. The summed E-state index contributed by atoms with van der Waals surface area (Å²) in [5.41, 5.74) is 1.27. The van der Waals surface area contributed by atoms with E-state index in [0.29, 0.717) is 0 Å². The predicted octanol–water partition coefficient (Wildman–Crippen LogP) is 8.89. The van der Waals surface area contributed by atoms with Crippen LogP contribution in [0.5, 0.6) is 0 Å². The van der Waals surface area contributed by atoms with E-state index in [1.54, 1.807) is 0 Å². The van der Waals surface area contributed by atoms with Gasteiger partial charge in [-0.3, -0.25) is 0 Å². The highest BCUT2D eigenvalue weighted by Gasteiger charge is 2.07. The van der Waals surface area contributed by atoms with Gasteiger partial charge in [-0.2, -0.15) is 0 Å². The Labute approximate surface area is 181 Å². The monoisotopic (exact) mass is 394 g/mol. The van der Waals surface area contributed by atoms with Crippen LogP contribution in [0.1, 0.15) is 5.56 Å². The molecular formula is C31H22. The summed E-state index contributed by atoms with van der Waals surface area (Å²) in [5.74, 6) is 0. The molecule has 31 heavy (non-hydrogen) atoms. The van der Waals surface area contributed by atoms with Crippen molar-refractivity contribution in [2.75, 3.05) is 0 Å². The number of hydrogen-bond acceptors (Lipinski definition) is 0. The molecule has 0 amide bonds. The summed E-state index contributed by atoms with van der Waals surface area (Å²) in [5, 5.41) is 12.8. The average Bonchev–Trinajstić information content (AvgIpc) is 2.84. The smallest absolute Gasteiger partial charge is 0.00963 e. The minimum atomic E-state index is 1.27. The van der Waals surface area contributed by atoms with Gasteiger partial charge < -0.3 is 0 Å². The molecule has 0 atom stereocenters. The van der Waals surface area contributed by atoms with Gasteiger partial charge in [0.25, 0.3) is 0 Å². The Bertz CT molecular complexity index is 1610. The molecule has 0 aliphatic heterocycles. The first-order valence-electron chi connectivity index (χ1n) is 10.8. The molecule has 0 radical (unpaired) electrons. The average molecular weight is 395 g/mol. The van der Waals surface area contributed by atoms with Gasteiger partial charge in [0.2, 0.25) is 0 Å². The van der Waals surface area contributed by atoms with Crippen LogP contribution >= 0.6 is 0 Å². The Hall–Kier alpha value is -3.90. The van der Waals surface area contributed by atoms with Crippen LogP contribution in [0.4, 0.5) is 0 Å². The summed E-state index contributed by atoms with van der Waals surface area (Å²) in [6.07, 6.45) is 0. The van der Waals surface area contributed by atoms with Gasteiger partial charge in [0.15, 0.2) is 0 Å². The molecule has 0 aliphatic rings. The highest BCUT2D eigenvalue weighted by Crippen LogP contribution is 2.35. The highest BCUT2D eigenvalue weighted by molar-refractivity contribution is 6.25. The Kier molecular flexibility index (Phi) is 4.11. The second-order valence-electron chi connectivity index (χ2n) is 8.23. The molecule has 146 valence electrons. The first kappa shape index (κ1) is 17.9. The summed E-state index contributed by atoms with van der Waals surface area (Å²) in [7, 11) is 0. The van der Waals surface area contributed by atoms with E-state index in [9.17, 15) is 0 Å².